The first-order chi connectivity index (χ1) is 7.88. The van der Waals surface area contributed by atoms with Crippen molar-refractivity contribution in [2.24, 2.45) is 11.8 Å². The lowest BCUT2D eigenvalue weighted by Crippen LogP contribution is -2.31. The summed E-state index contributed by atoms with van der Waals surface area (Å²) in [4.78, 5) is 0. The van der Waals surface area contributed by atoms with Gasteiger partial charge in [-0.2, -0.15) is 0 Å². The summed E-state index contributed by atoms with van der Waals surface area (Å²) in [6, 6.07) is 0. The Morgan fingerprint density at radius 1 is 1.06 bits per heavy atom. The van der Waals surface area contributed by atoms with Gasteiger partial charge in [-0.15, -0.1) is 11.6 Å². The van der Waals surface area contributed by atoms with Crippen molar-refractivity contribution in [3.8, 4) is 0 Å². The van der Waals surface area contributed by atoms with Gasteiger partial charge in [-0.3, -0.25) is 0 Å². The van der Waals surface area contributed by atoms with Crippen molar-refractivity contribution in [2.75, 3.05) is 19.0 Å². The Morgan fingerprint density at radius 2 is 1.81 bits per heavy atom. The highest BCUT2D eigenvalue weighted by Crippen LogP contribution is 2.30. The van der Waals surface area contributed by atoms with E-state index in [2.05, 4.69) is 12.2 Å². The molecule has 16 heavy (non-hydrogen) atoms. The molecule has 0 radical (unpaired) electrons. The highest BCUT2D eigenvalue weighted by atomic mass is 35.5. The van der Waals surface area contributed by atoms with Crippen molar-refractivity contribution in [1.82, 2.24) is 5.32 Å². The quantitative estimate of drug-likeness (QED) is 0.499. The molecule has 1 aliphatic rings. The lowest BCUT2D eigenvalue weighted by Gasteiger charge is -2.30. The Morgan fingerprint density at radius 3 is 2.50 bits per heavy atom. The van der Waals surface area contributed by atoms with Gasteiger partial charge in [0, 0.05) is 5.88 Å². The first-order valence-electron chi connectivity index (χ1n) is 7.15. The predicted octanol–water partition coefficient (Wildman–Crippen LogP) is 4.20. The molecule has 0 aliphatic heterocycles. The van der Waals surface area contributed by atoms with Crippen LogP contribution in [-0.4, -0.2) is 19.0 Å². The SMILES string of the molecule is CCCCCCNCC1CCCCC1CCl. The Hall–Kier alpha value is 0.250. The van der Waals surface area contributed by atoms with Gasteiger partial charge in [-0.05, 0) is 44.2 Å². The molecule has 1 N–H and O–H groups in total. The van der Waals surface area contributed by atoms with Crippen LogP contribution in [0.4, 0.5) is 0 Å². The molecule has 0 amide bonds. The Bertz CT molecular complexity index is 161. The third-order valence-corrected chi connectivity index (χ3v) is 4.27. The van der Waals surface area contributed by atoms with Crippen LogP contribution in [0.5, 0.6) is 0 Å². The lowest BCUT2D eigenvalue weighted by molar-refractivity contribution is 0.251. The van der Waals surface area contributed by atoms with E-state index in [0.717, 1.165) is 17.7 Å². The second-order valence-corrected chi connectivity index (χ2v) is 5.53. The summed E-state index contributed by atoms with van der Waals surface area (Å²) >= 11 is 6.03. The van der Waals surface area contributed by atoms with E-state index in [0.29, 0.717) is 0 Å². The van der Waals surface area contributed by atoms with Crippen LogP contribution < -0.4 is 5.32 Å². The number of nitrogens with one attached hydrogen (secondary N) is 1. The minimum atomic E-state index is 0.776. The van der Waals surface area contributed by atoms with Crippen LogP contribution >= 0.6 is 11.6 Å². The standard InChI is InChI=1S/C14H28ClN/c1-2-3-4-7-10-16-12-14-9-6-5-8-13(14)11-15/h13-14,16H,2-12H2,1H3. The summed E-state index contributed by atoms with van der Waals surface area (Å²) < 4.78 is 0. The van der Waals surface area contributed by atoms with Crippen LogP contribution in [0.25, 0.3) is 0 Å². The van der Waals surface area contributed by atoms with E-state index < -0.39 is 0 Å². The molecule has 1 saturated carbocycles. The van der Waals surface area contributed by atoms with E-state index >= 15 is 0 Å². The molecule has 2 unspecified atom stereocenters. The molecule has 1 fully saturated rings. The summed E-state index contributed by atoms with van der Waals surface area (Å²) in [6.07, 6.45) is 11.0. The van der Waals surface area contributed by atoms with Crippen LogP contribution in [-0.2, 0) is 0 Å². The maximum Gasteiger partial charge on any atom is 0.0254 e. The first kappa shape index (κ1) is 14.3. The second-order valence-electron chi connectivity index (χ2n) is 5.22. The van der Waals surface area contributed by atoms with Gasteiger partial charge in [0.1, 0.15) is 0 Å². The number of unbranched alkanes of at least 4 members (excludes halogenated alkanes) is 3. The maximum atomic E-state index is 6.03. The van der Waals surface area contributed by atoms with E-state index in [9.17, 15) is 0 Å². The molecule has 2 heteroatoms. The van der Waals surface area contributed by atoms with Crippen molar-refractivity contribution in [3.05, 3.63) is 0 Å². The van der Waals surface area contributed by atoms with Crippen molar-refractivity contribution < 1.29 is 0 Å². The lowest BCUT2D eigenvalue weighted by atomic mass is 9.80. The van der Waals surface area contributed by atoms with Gasteiger partial charge in [0.05, 0.1) is 0 Å². The van der Waals surface area contributed by atoms with Gasteiger partial charge in [0.15, 0.2) is 0 Å². The molecule has 0 aromatic heterocycles. The highest BCUT2D eigenvalue weighted by molar-refractivity contribution is 6.18. The predicted molar refractivity (Wildman–Crippen MR) is 73.2 cm³/mol. The molecular formula is C14H28ClN. The van der Waals surface area contributed by atoms with Crippen molar-refractivity contribution in [1.29, 1.82) is 0 Å². The zero-order chi connectivity index (χ0) is 11.6. The Kier molecular flexibility index (Phi) is 8.32. The minimum Gasteiger partial charge on any atom is -0.316 e. The average molecular weight is 246 g/mol. The minimum absolute atomic E-state index is 0.776. The number of alkyl halides is 1. The molecule has 1 aliphatic carbocycles. The van der Waals surface area contributed by atoms with Gasteiger partial charge >= 0.3 is 0 Å². The van der Waals surface area contributed by atoms with E-state index in [4.69, 9.17) is 11.6 Å². The second kappa shape index (κ2) is 9.30. The molecule has 0 heterocycles. The molecule has 0 saturated heterocycles. The maximum absolute atomic E-state index is 6.03. The number of hydrogen-bond acceptors (Lipinski definition) is 1. The topological polar surface area (TPSA) is 12.0 Å². The third kappa shape index (κ3) is 5.54. The van der Waals surface area contributed by atoms with Gasteiger partial charge < -0.3 is 5.32 Å². The van der Waals surface area contributed by atoms with E-state index in [-0.39, 0.29) is 0 Å². The number of hydrogen-bond donors (Lipinski definition) is 1. The highest BCUT2D eigenvalue weighted by Gasteiger charge is 2.23. The van der Waals surface area contributed by atoms with Crippen molar-refractivity contribution in [2.45, 2.75) is 58.3 Å². The van der Waals surface area contributed by atoms with Gasteiger partial charge in [-0.25, -0.2) is 0 Å². The average Bonchev–Trinajstić information content (AvgIpc) is 2.34. The summed E-state index contributed by atoms with van der Waals surface area (Å²) in [5.41, 5.74) is 0. The molecule has 96 valence electrons. The van der Waals surface area contributed by atoms with E-state index in [1.165, 1.54) is 64.5 Å². The fourth-order valence-electron chi connectivity index (χ4n) is 2.72. The zero-order valence-electron chi connectivity index (χ0n) is 10.8. The van der Waals surface area contributed by atoms with Crippen LogP contribution in [0.3, 0.4) is 0 Å². The smallest absolute Gasteiger partial charge is 0.0254 e. The fraction of sp³-hybridized carbons (Fsp3) is 1.00. The van der Waals surface area contributed by atoms with Crippen LogP contribution in [0.1, 0.15) is 58.3 Å². The summed E-state index contributed by atoms with van der Waals surface area (Å²) in [5.74, 6) is 2.48. The largest absolute Gasteiger partial charge is 0.316 e. The molecule has 0 spiro atoms. The van der Waals surface area contributed by atoms with E-state index in [1.54, 1.807) is 0 Å². The van der Waals surface area contributed by atoms with E-state index in [1.807, 2.05) is 0 Å². The summed E-state index contributed by atoms with van der Waals surface area (Å²) in [5, 5.41) is 3.62. The van der Waals surface area contributed by atoms with Crippen molar-refractivity contribution in [3.63, 3.8) is 0 Å². The fourth-order valence-corrected chi connectivity index (χ4v) is 3.13. The molecule has 0 aromatic carbocycles. The Labute approximate surface area is 106 Å². The van der Waals surface area contributed by atoms with Gasteiger partial charge in [0.25, 0.3) is 0 Å². The summed E-state index contributed by atoms with van der Waals surface area (Å²) in [6.45, 7) is 4.66. The molecular weight excluding hydrogens is 218 g/mol. The molecule has 1 nitrogen and oxygen atoms in total. The molecule has 0 aromatic rings. The van der Waals surface area contributed by atoms with Crippen molar-refractivity contribution >= 4 is 11.6 Å². The number of halogens is 1. The van der Waals surface area contributed by atoms with Crippen LogP contribution in [0.2, 0.25) is 0 Å². The Balaban J connectivity index is 2.02. The normalized spacial score (nSPS) is 25.9. The third-order valence-electron chi connectivity index (χ3n) is 3.88. The molecule has 1 rings (SSSR count). The first-order valence-corrected chi connectivity index (χ1v) is 7.68. The zero-order valence-corrected chi connectivity index (χ0v) is 11.6. The molecule has 0 bridgehead atoms. The van der Waals surface area contributed by atoms with Gasteiger partial charge in [0.2, 0.25) is 0 Å². The number of rotatable bonds is 8. The van der Waals surface area contributed by atoms with Crippen LogP contribution in [0, 0.1) is 11.8 Å². The van der Waals surface area contributed by atoms with Crippen LogP contribution in [0.15, 0.2) is 0 Å². The van der Waals surface area contributed by atoms with Gasteiger partial charge in [-0.1, -0.05) is 39.0 Å². The summed E-state index contributed by atoms with van der Waals surface area (Å²) in [7, 11) is 0. The monoisotopic (exact) mass is 245 g/mol. The molecule has 2 atom stereocenters.